The standard InChI is InChI=1S/C26H25NO3/c1-17-12-13-18(2)26(17)22-11-7-10-21(27-22)20-14-23(28)25(15-24(20)29-3)30-16-19-8-5-4-6-9-19/h4-15,26,28H,16H2,1-3H3. The first-order chi connectivity index (χ1) is 14.6. The Morgan fingerprint density at radius 3 is 2.33 bits per heavy atom. The van der Waals surface area contributed by atoms with Crippen LogP contribution < -0.4 is 9.47 Å². The Labute approximate surface area is 177 Å². The number of methoxy groups -OCH3 is 1. The van der Waals surface area contributed by atoms with Gasteiger partial charge in [0, 0.05) is 17.5 Å². The molecule has 0 atom stereocenters. The summed E-state index contributed by atoms with van der Waals surface area (Å²) in [6.07, 6.45) is 4.28. The maximum absolute atomic E-state index is 10.6. The van der Waals surface area contributed by atoms with Crippen LogP contribution in [0.4, 0.5) is 0 Å². The molecule has 0 amide bonds. The molecule has 0 aliphatic heterocycles. The van der Waals surface area contributed by atoms with Crippen molar-refractivity contribution in [2.45, 2.75) is 26.4 Å². The van der Waals surface area contributed by atoms with Gasteiger partial charge in [0.05, 0.1) is 18.5 Å². The zero-order valence-corrected chi connectivity index (χ0v) is 17.4. The average molecular weight is 399 g/mol. The Morgan fingerprint density at radius 2 is 1.63 bits per heavy atom. The van der Waals surface area contributed by atoms with Gasteiger partial charge < -0.3 is 14.6 Å². The predicted octanol–water partition coefficient (Wildman–Crippen LogP) is 6.03. The third kappa shape index (κ3) is 3.94. The summed E-state index contributed by atoms with van der Waals surface area (Å²) >= 11 is 0. The van der Waals surface area contributed by atoms with Gasteiger partial charge in [0.1, 0.15) is 12.4 Å². The number of nitrogens with zero attached hydrogens (tertiary/aromatic N) is 1. The number of pyridine rings is 1. The molecule has 1 heterocycles. The SMILES string of the molecule is COc1cc(OCc2ccccc2)c(O)cc1-c1cccc(C2C(C)=CC=C2C)n1. The van der Waals surface area contributed by atoms with Crippen LogP contribution in [-0.2, 0) is 6.61 Å². The molecule has 1 aliphatic rings. The van der Waals surface area contributed by atoms with Crippen molar-refractivity contribution in [3.05, 3.63) is 95.2 Å². The van der Waals surface area contributed by atoms with Gasteiger partial charge in [-0.25, -0.2) is 0 Å². The molecule has 0 unspecified atom stereocenters. The molecule has 4 nitrogen and oxygen atoms in total. The fourth-order valence-electron chi connectivity index (χ4n) is 3.81. The highest BCUT2D eigenvalue weighted by Gasteiger charge is 2.21. The van der Waals surface area contributed by atoms with Gasteiger partial charge >= 0.3 is 0 Å². The van der Waals surface area contributed by atoms with Crippen LogP contribution in [0.15, 0.2) is 84.0 Å². The maximum atomic E-state index is 10.6. The molecule has 1 aliphatic carbocycles. The summed E-state index contributed by atoms with van der Waals surface area (Å²) in [6, 6.07) is 19.2. The monoisotopic (exact) mass is 399 g/mol. The van der Waals surface area contributed by atoms with Crippen LogP contribution in [0.25, 0.3) is 11.3 Å². The molecule has 1 aromatic heterocycles. The van der Waals surface area contributed by atoms with Crippen LogP contribution in [0.2, 0.25) is 0 Å². The molecule has 1 N–H and O–H groups in total. The van der Waals surface area contributed by atoms with Crippen LogP contribution in [0.3, 0.4) is 0 Å². The molecule has 152 valence electrons. The lowest BCUT2D eigenvalue weighted by Gasteiger charge is -2.17. The summed E-state index contributed by atoms with van der Waals surface area (Å²) in [6.45, 7) is 4.61. The first-order valence-electron chi connectivity index (χ1n) is 9.97. The van der Waals surface area contributed by atoms with E-state index in [0.717, 1.165) is 22.5 Å². The van der Waals surface area contributed by atoms with E-state index in [-0.39, 0.29) is 11.7 Å². The fraction of sp³-hybridized carbons (Fsp3) is 0.192. The van der Waals surface area contributed by atoms with E-state index in [4.69, 9.17) is 14.5 Å². The van der Waals surface area contributed by atoms with E-state index in [2.05, 4.69) is 26.0 Å². The summed E-state index contributed by atoms with van der Waals surface area (Å²) in [5.74, 6) is 1.23. The molecule has 0 saturated carbocycles. The van der Waals surface area contributed by atoms with E-state index in [1.54, 1.807) is 19.2 Å². The smallest absolute Gasteiger partial charge is 0.165 e. The van der Waals surface area contributed by atoms with Crippen LogP contribution in [0.1, 0.15) is 31.0 Å². The summed E-state index contributed by atoms with van der Waals surface area (Å²) in [7, 11) is 1.61. The minimum Gasteiger partial charge on any atom is -0.504 e. The lowest BCUT2D eigenvalue weighted by molar-refractivity contribution is 0.286. The lowest BCUT2D eigenvalue weighted by Crippen LogP contribution is -2.03. The summed E-state index contributed by atoms with van der Waals surface area (Å²) in [4.78, 5) is 4.89. The maximum Gasteiger partial charge on any atom is 0.165 e. The van der Waals surface area contributed by atoms with Crippen LogP contribution in [0.5, 0.6) is 17.2 Å². The largest absolute Gasteiger partial charge is 0.504 e. The predicted molar refractivity (Wildman–Crippen MR) is 119 cm³/mol. The van der Waals surface area contributed by atoms with Gasteiger partial charge in [-0.3, -0.25) is 4.98 Å². The van der Waals surface area contributed by atoms with Crippen molar-refractivity contribution in [1.29, 1.82) is 0 Å². The number of aromatic nitrogens is 1. The Bertz CT molecular complexity index is 1100. The molecule has 4 heteroatoms. The number of allylic oxidation sites excluding steroid dienone is 4. The van der Waals surface area contributed by atoms with Crippen molar-refractivity contribution in [2.75, 3.05) is 7.11 Å². The average Bonchev–Trinajstić information content (AvgIpc) is 3.11. The normalized spacial score (nSPS) is 13.7. The zero-order chi connectivity index (χ0) is 21.1. The van der Waals surface area contributed by atoms with E-state index in [1.807, 2.05) is 48.5 Å². The highest BCUT2D eigenvalue weighted by atomic mass is 16.5. The molecule has 30 heavy (non-hydrogen) atoms. The van der Waals surface area contributed by atoms with Gasteiger partial charge in [-0.15, -0.1) is 0 Å². The molecule has 2 aromatic carbocycles. The second-order valence-corrected chi connectivity index (χ2v) is 7.50. The summed E-state index contributed by atoms with van der Waals surface area (Å²) in [5.41, 5.74) is 6.04. The highest BCUT2D eigenvalue weighted by Crippen LogP contribution is 2.41. The number of benzene rings is 2. The van der Waals surface area contributed by atoms with E-state index in [9.17, 15) is 5.11 Å². The fourth-order valence-corrected chi connectivity index (χ4v) is 3.81. The number of hydrogen-bond acceptors (Lipinski definition) is 4. The number of phenols is 1. The molecule has 0 spiro atoms. The van der Waals surface area contributed by atoms with Crippen LogP contribution in [-0.4, -0.2) is 17.2 Å². The summed E-state index contributed by atoms with van der Waals surface area (Å²) in [5, 5.41) is 10.6. The van der Waals surface area contributed by atoms with Gasteiger partial charge in [-0.05, 0) is 37.6 Å². The molecule has 0 bridgehead atoms. The first kappa shape index (κ1) is 19.8. The van der Waals surface area contributed by atoms with Crippen LogP contribution >= 0.6 is 0 Å². The van der Waals surface area contributed by atoms with Gasteiger partial charge in [-0.2, -0.15) is 0 Å². The summed E-state index contributed by atoms with van der Waals surface area (Å²) < 4.78 is 11.4. The third-order valence-electron chi connectivity index (χ3n) is 5.38. The van der Waals surface area contributed by atoms with E-state index < -0.39 is 0 Å². The second kappa shape index (κ2) is 8.46. The zero-order valence-electron chi connectivity index (χ0n) is 17.4. The number of rotatable bonds is 6. The number of hydrogen-bond donors (Lipinski definition) is 1. The lowest BCUT2D eigenvalue weighted by atomic mass is 9.93. The molecular weight excluding hydrogens is 374 g/mol. The van der Waals surface area contributed by atoms with Gasteiger partial charge in [0.15, 0.2) is 11.5 Å². The minimum atomic E-state index is 0.0574. The molecule has 0 saturated heterocycles. The van der Waals surface area contributed by atoms with Gasteiger partial charge in [0.25, 0.3) is 0 Å². The van der Waals surface area contributed by atoms with E-state index >= 15 is 0 Å². The Balaban J connectivity index is 1.65. The number of aromatic hydroxyl groups is 1. The Kier molecular flexibility index (Phi) is 5.57. The molecule has 0 fully saturated rings. The van der Waals surface area contributed by atoms with Crippen LogP contribution in [0, 0.1) is 0 Å². The van der Waals surface area contributed by atoms with Crippen molar-refractivity contribution in [2.24, 2.45) is 0 Å². The highest BCUT2D eigenvalue weighted by molar-refractivity contribution is 5.72. The molecule has 3 aromatic rings. The molecule has 0 radical (unpaired) electrons. The quantitative estimate of drug-likeness (QED) is 0.550. The van der Waals surface area contributed by atoms with Gasteiger partial charge in [0.2, 0.25) is 0 Å². The first-order valence-corrected chi connectivity index (χ1v) is 9.97. The van der Waals surface area contributed by atoms with Crippen molar-refractivity contribution < 1.29 is 14.6 Å². The topological polar surface area (TPSA) is 51.6 Å². The third-order valence-corrected chi connectivity index (χ3v) is 5.38. The molecule has 4 rings (SSSR count). The van der Waals surface area contributed by atoms with Gasteiger partial charge in [-0.1, -0.05) is 59.7 Å². The van der Waals surface area contributed by atoms with E-state index in [1.165, 1.54) is 11.1 Å². The number of phenolic OH excluding ortho intramolecular Hbond substituents is 1. The van der Waals surface area contributed by atoms with Crippen molar-refractivity contribution >= 4 is 0 Å². The van der Waals surface area contributed by atoms with Crippen molar-refractivity contribution in [3.63, 3.8) is 0 Å². The van der Waals surface area contributed by atoms with E-state index in [0.29, 0.717) is 18.1 Å². The minimum absolute atomic E-state index is 0.0574. The Hall–Kier alpha value is -3.53. The number of ether oxygens (including phenoxy) is 2. The molecular formula is C26H25NO3. The second-order valence-electron chi connectivity index (χ2n) is 7.50. The van der Waals surface area contributed by atoms with Crippen molar-refractivity contribution in [3.8, 4) is 28.5 Å². The van der Waals surface area contributed by atoms with Crippen molar-refractivity contribution in [1.82, 2.24) is 4.98 Å². The Morgan fingerprint density at radius 1 is 0.900 bits per heavy atom.